The second-order valence-electron chi connectivity index (χ2n) is 6.02. The van der Waals surface area contributed by atoms with E-state index in [1.807, 2.05) is 13.8 Å². The summed E-state index contributed by atoms with van der Waals surface area (Å²) in [5, 5.41) is 2.68. The minimum Gasteiger partial charge on any atom is -0.326 e. The van der Waals surface area contributed by atoms with Crippen LogP contribution >= 0.6 is 0 Å². The normalized spacial score (nSPS) is 11.2. The molecule has 1 amide bonds. The number of Topliss-reactive ketones (excluding diaryl/α,β-unsaturated/α-hetero) is 1. The molecule has 0 saturated heterocycles. The zero-order valence-corrected chi connectivity index (χ0v) is 15.3. The lowest BCUT2D eigenvalue weighted by Crippen LogP contribution is -2.18. The van der Waals surface area contributed by atoms with Crippen LogP contribution in [0.4, 0.5) is 5.69 Å². The van der Waals surface area contributed by atoms with Gasteiger partial charge in [0.25, 0.3) is 0 Å². The summed E-state index contributed by atoms with van der Waals surface area (Å²) in [6, 6.07) is 11.6. The standard InChI is InChI=1S/C19H21NO4S/c1-13-4-8-17(9-5-13)25(23,24)11-10-19(22)20-18-12-16(15(3)21)7-6-14(18)2/h4-9,12H,10-11H2,1-3H3,(H,20,22). The molecule has 0 atom stereocenters. The smallest absolute Gasteiger partial charge is 0.225 e. The largest absolute Gasteiger partial charge is 0.326 e. The fraction of sp³-hybridized carbons (Fsp3) is 0.263. The van der Waals surface area contributed by atoms with E-state index in [9.17, 15) is 18.0 Å². The highest BCUT2D eigenvalue weighted by Crippen LogP contribution is 2.18. The number of nitrogens with one attached hydrogen (secondary N) is 1. The van der Waals surface area contributed by atoms with Gasteiger partial charge in [0.05, 0.1) is 10.6 Å². The molecular weight excluding hydrogens is 338 g/mol. The van der Waals surface area contributed by atoms with E-state index in [-0.39, 0.29) is 22.9 Å². The van der Waals surface area contributed by atoms with Gasteiger partial charge in [-0.2, -0.15) is 0 Å². The van der Waals surface area contributed by atoms with Gasteiger partial charge in [0.1, 0.15) is 0 Å². The van der Waals surface area contributed by atoms with Gasteiger partial charge in [-0.15, -0.1) is 0 Å². The summed E-state index contributed by atoms with van der Waals surface area (Å²) in [5.41, 5.74) is 2.79. The van der Waals surface area contributed by atoms with Crippen LogP contribution < -0.4 is 5.32 Å². The summed E-state index contributed by atoms with van der Waals surface area (Å²) in [4.78, 5) is 23.8. The highest BCUT2D eigenvalue weighted by atomic mass is 32.2. The van der Waals surface area contributed by atoms with Crippen molar-refractivity contribution in [1.29, 1.82) is 0 Å². The van der Waals surface area contributed by atoms with Crippen molar-refractivity contribution in [1.82, 2.24) is 0 Å². The Kier molecular flexibility index (Phi) is 5.74. The fourth-order valence-corrected chi connectivity index (χ4v) is 3.52. The average Bonchev–Trinajstić information content (AvgIpc) is 2.55. The lowest BCUT2D eigenvalue weighted by molar-refractivity contribution is -0.115. The molecule has 0 fully saturated rings. The number of aryl methyl sites for hydroxylation is 2. The third kappa shape index (κ3) is 5.00. The first-order valence-electron chi connectivity index (χ1n) is 7.90. The number of carbonyl (C=O) groups excluding carboxylic acids is 2. The van der Waals surface area contributed by atoms with Gasteiger partial charge < -0.3 is 5.32 Å². The lowest BCUT2D eigenvalue weighted by Gasteiger charge is -2.10. The first-order chi connectivity index (χ1) is 11.7. The van der Waals surface area contributed by atoms with Crippen LogP contribution in [0.2, 0.25) is 0 Å². The van der Waals surface area contributed by atoms with Gasteiger partial charge in [-0.05, 0) is 44.5 Å². The van der Waals surface area contributed by atoms with Crippen molar-refractivity contribution >= 4 is 27.2 Å². The average molecular weight is 359 g/mol. The third-order valence-corrected chi connectivity index (χ3v) is 5.63. The van der Waals surface area contributed by atoms with Gasteiger partial charge in [-0.25, -0.2) is 8.42 Å². The molecule has 132 valence electrons. The van der Waals surface area contributed by atoms with E-state index in [0.29, 0.717) is 11.3 Å². The first kappa shape index (κ1) is 18.9. The SMILES string of the molecule is CC(=O)c1ccc(C)c(NC(=O)CCS(=O)(=O)c2ccc(C)cc2)c1. The fourth-order valence-electron chi connectivity index (χ4n) is 2.28. The minimum absolute atomic E-state index is 0.0996. The molecule has 0 heterocycles. The number of benzene rings is 2. The number of hydrogen-bond donors (Lipinski definition) is 1. The van der Waals surface area contributed by atoms with Crippen molar-refractivity contribution in [2.45, 2.75) is 32.1 Å². The van der Waals surface area contributed by atoms with Crippen LogP contribution in [0.1, 0.15) is 34.8 Å². The van der Waals surface area contributed by atoms with Crippen LogP contribution in [0.3, 0.4) is 0 Å². The van der Waals surface area contributed by atoms with E-state index in [1.165, 1.54) is 6.92 Å². The van der Waals surface area contributed by atoms with Crippen LogP contribution in [-0.4, -0.2) is 25.9 Å². The molecule has 0 aliphatic carbocycles. The Balaban J connectivity index is 2.04. The Morgan fingerprint density at radius 3 is 2.24 bits per heavy atom. The summed E-state index contributed by atoms with van der Waals surface area (Å²) in [5.74, 6) is -0.773. The number of amides is 1. The molecule has 6 heteroatoms. The van der Waals surface area contributed by atoms with Crippen LogP contribution in [0.15, 0.2) is 47.4 Å². The van der Waals surface area contributed by atoms with Crippen LogP contribution in [0.5, 0.6) is 0 Å². The molecule has 25 heavy (non-hydrogen) atoms. The molecule has 0 aromatic heterocycles. The van der Waals surface area contributed by atoms with Gasteiger partial charge in [-0.3, -0.25) is 9.59 Å². The quantitative estimate of drug-likeness (QED) is 0.803. The van der Waals surface area contributed by atoms with E-state index in [1.54, 1.807) is 42.5 Å². The number of anilines is 1. The van der Waals surface area contributed by atoms with Gasteiger partial charge in [0, 0.05) is 17.7 Å². The second kappa shape index (κ2) is 7.61. The summed E-state index contributed by atoms with van der Waals surface area (Å²) in [7, 11) is -3.51. The highest BCUT2D eigenvalue weighted by molar-refractivity contribution is 7.91. The molecule has 0 unspecified atom stereocenters. The van der Waals surface area contributed by atoms with Gasteiger partial charge in [-0.1, -0.05) is 29.8 Å². The number of rotatable bonds is 6. The maximum atomic E-state index is 12.3. The predicted molar refractivity (Wildman–Crippen MR) is 97.7 cm³/mol. The van der Waals surface area contributed by atoms with Gasteiger partial charge in [0.15, 0.2) is 15.6 Å². The second-order valence-corrected chi connectivity index (χ2v) is 8.13. The predicted octanol–water partition coefficient (Wildman–Crippen LogP) is 3.31. The molecule has 0 aliphatic rings. The number of sulfone groups is 1. The van der Waals surface area contributed by atoms with Crippen molar-refractivity contribution in [3.05, 3.63) is 59.2 Å². The summed E-state index contributed by atoms with van der Waals surface area (Å²) < 4.78 is 24.6. The van der Waals surface area contributed by atoms with E-state index < -0.39 is 15.7 Å². The van der Waals surface area contributed by atoms with Crippen molar-refractivity contribution in [2.24, 2.45) is 0 Å². The molecule has 2 aromatic rings. The Hall–Kier alpha value is -2.47. The molecule has 0 saturated carbocycles. The molecule has 0 aliphatic heterocycles. The van der Waals surface area contributed by atoms with E-state index in [2.05, 4.69) is 5.32 Å². The minimum atomic E-state index is -3.51. The maximum Gasteiger partial charge on any atom is 0.225 e. The van der Waals surface area contributed by atoms with Crippen molar-refractivity contribution < 1.29 is 18.0 Å². The van der Waals surface area contributed by atoms with E-state index >= 15 is 0 Å². The van der Waals surface area contributed by atoms with Gasteiger partial charge in [0.2, 0.25) is 5.91 Å². The Bertz CT molecular complexity index is 900. The summed E-state index contributed by atoms with van der Waals surface area (Å²) >= 11 is 0. The summed E-state index contributed by atoms with van der Waals surface area (Å²) in [6.45, 7) is 5.13. The number of carbonyl (C=O) groups is 2. The third-order valence-electron chi connectivity index (χ3n) is 3.90. The summed E-state index contributed by atoms with van der Waals surface area (Å²) in [6.07, 6.45) is -0.153. The molecule has 0 bridgehead atoms. The molecular formula is C19H21NO4S. The first-order valence-corrected chi connectivity index (χ1v) is 9.55. The Morgan fingerprint density at radius 1 is 1.00 bits per heavy atom. The zero-order valence-electron chi connectivity index (χ0n) is 14.5. The molecule has 2 rings (SSSR count). The van der Waals surface area contributed by atoms with Crippen molar-refractivity contribution in [2.75, 3.05) is 11.1 Å². The molecule has 0 radical (unpaired) electrons. The Labute approximate surface area is 148 Å². The molecule has 0 spiro atoms. The molecule has 5 nitrogen and oxygen atoms in total. The number of ketones is 1. The number of hydrogen-bond acceptors (Lipinski definition) is 4. The monoisotopic (exact) mass is 359 g/mol. The lowest BCUT2D eigenvalue weighted by atomic mass is 10.1. The van der Waals surface area contributed by atoms with E-state index in [0.717, 1.165) is 11.1 Å². The Morgan fingerprint density at radius 2 is 1.64 bits per heavy atom. The van der Waals surface area contributed by atoms with E-state index in [4.69, 9.17) is 0 Å². The van der Waals surface area contributed by atoms with Crippen LogP contribution in [-0.2, 0) is 14.6 Å². The van der Waals surface area contributed by atoms with Crippen LogP contribution in [0, 0.1) is 13.8 Å². The molecule has 2 aromatic carbocycles. The topological polar surface area (TPSA) is 80.3 Å². The van der Waals surface area contributed by atoms with Crippen LogP contribution in [0.25, 0.3) is 0 Å². The zero-order chi connectivity index (χ0) is 18.6. The molecule has 1 N–H and O–H groups in total. The van der Waals surface area contributed by atoms with Crippen molar-refractivity contribution in [3.63, 3.8) is 0 Å². The maximum absolute atomic E-state index is 12.3. The van der Waals surface area contributed by atoms with Gasteiger partial charge >= 0.3 is 0 Å². The van der Waals surface area contributed by atoms with Crippen molar-refractivity contribution in [3.8, 4) is 0 Å². The highest BCUT2D eigenvalue weighted by Gasteiger charge is 2.17.